The summed E-state index contributed by atoms with van der Waals surface area (Å²) in [5, 5.41) is 6.76. The molecule has 0 spiro atoms. The van der Waals surface area contributed by atoms with Crippen LogP contribution in [0.4, 0.5) is 0 Å². The number of esters is 1. The third kappa shape index (κ3) is 5.17. The van der Waals surface area contributed by atoms with Gasteiger partial charge in [0.05, 0.1) is 19.7 Å². The number of rotatable bonds is 7. The number of nitrogens with one attached hydrogen (secondary N) is 1. The molecule has 1 atom stereocenters. The number of aryl methyl sites for hydroxylation is 1. The summed E-state index contributed by atoms with van der Waals surface area (Å²) in [5.74, 6) is 0.726. The maximum Gasteiger partial charge on any atom is 0.330 e. The first-order chi connectivity index (χ1) is 11.1. The highest BCUT2D eigenvalue weighted by molar-refractivity contribution is 5.82. The highest BCUT2D eigenvalue weighted by Crippen LogP contribution is 2.19. The van der Waals surface area contributed by atoms with Crippen LogP contribution in [-0.4, -0.2) is 53.2 Å². The molecule has 0 bridgehead atoms. The van der Waals surface area contributed by atoms with Crippen molar-refractivity contribution in [2.75, 3.05) is 20.2 Å². The van der Waals surface area contributed by atoms with Gasteiger partial charge in [-0.2, -0.15) is 4.98 Å². The van der Waals surface area contributed by atoms with Gasteiger partial charge in [-0.25, -0.2) is 4.79 Å². The maximum absolute atomic E-state index is 12.3. The third-order valence-electron chi connectivity index (χ3n) is 3.65. The largest absolute Gasteiger partial charge is 0.466 e. The number of hydrogen-bond donors (Lipinski definition) is 1. The maximum atomic E-state index is 12.3. The van der Waals surface area contributed by atoms with Crippen molar-refractivity contribution in [2.45, 2.75) is 38.8 Å². The van der Waals surface area contributed by atoms with Crippen LogP contribution < -0.4 is 5.32 Å². The Morgan fingerprint density at radius 3 is 3.04 bits per heavy atom. The molecule has 1 N–H and O–H groups in total. The van der Waals surface area contributed by atoms with Crippen LogP contribution in [-0.2, 0) is 20.9 Å². The molecule has 0 radical (unpaired) electrons. The summed E-state index contributed by atoms with van der Waals surface area (Å²) in [5.41, 5.74) is 0. The van der Waals surface area contributed by atoms with Gasteiger partial charge in [0, 0.05) is 19.5 Å². The van der Waals surface area contributed by atoms with Gasteiger partial charge in [-0.05, 0) is 25.8 Å². The van der Waals surface area contributed by atoms with Gasteiger partial charge in [-0.3, -0.25) is 9.69 Å². The molecule has 1 fully saturated rings. The number of hydrogen-bond acceptors (Lipinski definition) is 7. The summed E-state index contributed by atoms with van der Waals surface area (Å²) in [6, 6.07) is -0.168. The van der Waals surface area contributed by atoms with Gasteiger partial charge in [0.25, 0.3) is 0 Å². The number of amides is 1. The predicted molar refractivity (Wildman–Crippen MR) is 81.2 cm³/mol. The molecular weight excluding hydrogens is 300 g/mol. The highest BCUT2D eigenvalue weighted by Gasteiger charge is 2.31. The molecule has 126 valence electrons. The number of aromatic nitrogens is 2. The van der Waals surface area contributed by atoms with Crippen molar-refractivity contribution in [2.24, 2.45) is 0 Å². The first-order valence-electron chi connectivity index (χ1n) is 7.65. The van der Waals surface area contributed by atoms with Crippen LogP contribution in [0.15, 0.2) is 16.7 Å². The van der Waals surface area contributed by atoms with Crippen LogP contribution in [0.25, 0.3) is 0 Å². The zero-order valence-electron chi connectivity index (χ0n) is 13.4. The van der Waals surface area contributed by atoms with E-state index in [9.17, 15) is 9.59 Å². The summed E-state index contributed by atoms with van der Waals surface area (Å²) in [6.45, 7) is 3.58. The van der Waals surface area contributed by atoms with Gasteiger partial charge in [0.15, 0.2) is 5.82 Å². The topological polar surface area (TPSA) is 97.6 Å². The lowest BCUT2D eigenvalue weighted by Crippen LogP contribution is -2.43. The Balaban J connectivity index is 1.76. The number of likely N-dealkylation sites (tertiary alicyclic amines) is 1. The van der Waals surface area contributed by atoms with E-state index >= 15 is 0 Å². The lowest BCUT2D eigenvalue weighted by atomic mass is 10.2. The molecular formula is C15H22N4O4. The average molecular weight is 322 g/mol. The Morgan fingerprint density at radius 1 is 1.52 bits per heavy atom. The SMILES string of the molecule is COC(=O)/C=C/CCNC(=O)C1CCCN1Cc1noc(C)n1. The highest BCUT2D eigenvalue weighted by atomic mass is 16.5. The fraction of sp³-hybridized carbons (Fsp3) is 0.600. The molecule has 23 heavy (non-hydrogen) atoms. The normalized spacial score (nSPS) is 18.4. The molecule has 1 amide bonds. The Kier molecular flexibility index (Phi) is 6.28. The Labute approximate surface area is 134 Å². The van der Waals surface area contributed by atoms with Crippen molar-refractivity contribution < 1.29 is 18.8 Å². The minimum Gasteiger partial charge on any atom is -0.466 e. The van der Waals surface area contributed by atoms with Crippen molar-refractivity contribution in [1.82, 2.24) is 20.4 Å². The number of nitrogens with zero attached hydrogens (tertiary/aromatic N) is 3. The van der Waals surface area contributed by atoms with E-state index in [0.29, 0.717) is 31.2 Å². The van der Waals surface area contributed by atoms with E-state index in [2.05, 4.69) is 25.1 Å². The predicted octanol–water partition coefficient (Wildman–Crippen LogP) is 0.578. The first-order valence-corrected chi connectivity index (χ1v) is 7.65. The molecule has 2 rings (SSSR count). The second-order valence-electron chi connectivity index (χ2n) is 5.36. The van der Waals surface area contributed by atoms with Gasteiger partial charge >= 0.3 is 5.97 Å². The van der Waals surface area contributed by atoms with E-state index in [1.54, 1.807) is 13.0 Å². The van der Waals surface area contributed by atoms with Gasteiger partial charge in [0.1, 0.15) is 0 Å². The lowest BCUT2D eigenvalue weighted by molar-refractivity contribution is -0.134. The molecule has 0 aromatic carbocycles. The smallest absolute Gasteiger partial charge is 0.330 e. The van der Waals surface area contributed by atoms with Crippen molar-refractivity contribution >= 4 is 11.9 Å². The molecule has 1 aliphatic rings. The van der Waals surface area contributed by atoms with E-state index < -0.39 is 5.97 Å². The van der Waals surface area contributed by atoms with Crippen LogP contribution in [0, 0.1) is 6.92 Å². The van der Waals surface area contributed by atoms with Crippen molar-refractivity contribution in [3.63, 3.8) is 0 Å². The molecule has 2 heterocycles. The van der Waals surface area contributed by atoms with Crippen LogP contribution in [0.3, 0.4) is 0 Å². The number of methoxy groups -OCH3 is 1. The molecule has 1 unspecified atom stereocenters. The molecule has 8 heteroatoms. The number of carbonyl (C=O) groups excluding carboxylic acids is 2. The van der Waals surface area contributed by atoms with Gasteiger partial charge in [-0.15, -0.1) is 0 Å². The molecule has 1 aromatic rings. The Hall–Kier alpha value is -2.22. The lowest BCUT2D eigenvalue weighted by Gasteiger charge is -2.21. The number of carbonyl (C=O) groups is 2. The molecule has 1 aromatic heterocycles. The van der Waals surface area contributed by atoms with Crippen molar-refractivity contribution in [3.8, 4) is 0 Å². The molecule has 8 nitrogen and oxygen atoms in total. The van der Waals surface area contributed by atoms with Crippen LogP contribution >= 0.6 is 0 Å². The standard InChI is InChI=1S/C15H22N4O4/c1-11-17-13(18-23-11)10-19-9-5-6-12(19)15(21)16-8-4-3-7-14(20)22-2/h3,7,12H,4-6,8-10H2,1-2H3,(H,16,21)/b7-3+. The summed E-state index contributed by atoms with van der Waals surface area (Å²) < 4.78 is 9.45. The summed E-state index contributed by atoms with van der Waals surface area (Å²) >= 11 is 0. The Bertz CT molecular complexity index is 570. The fourth-order valence-corrected chi connectivity index (χ4v) is 2.54. The molecule has 1 aliphatic heterocycles. The second kappa shape index (κ2) is 8.42. The van der Waals surface area contributed by atoms with E-state index in [1.165, 1.54) is 13.2 Å². The van der Waals surface area contributed by atoms with Crippen molar-refractivity contribution in [1.29, 1.82) is 0 Å². The van der Waals surface area contributed by atoms with Crippen LogP contribution in [0.2, 0.25) is 0 Å². The van der Waals surface area contributed by atoms with Gasteiger partial charge in [-0.1, -0.05) is 11.2 Å². The van der Waals surface area contributed by atoms with Crippen LogP contribution in [0.1, 0.15) is 31.0 Å². The summed E-state index contributed by atoms with van der Waals surface area (Å²) in [4.78, 5) is 29.4. The Morgan fingerprint density at radius 2 is 2.35 bits per heavy atom. The number of ether oxygens (including phenoxy) is 1. The zero-order valence-corrected chi connectivity index (χ0v) is 13.4. The van der Waals surface area contributed by atoms with Gasteiger partial charge in [0.2, 0.25) is 11.8 Å². The van der Waals surface area contributed by atoms with Crippen LogP contribution in [0.5, 0.6) is 0 Å². The molecule has 0 aliphatic carbocycles. The van der Waals surface area contributed by atoms with E-state index in [1.807, 2.05) is 0 Å². The minimum atomic E-state index is -0.395. The summed E-state index contributed by atoms with van der Waals surface area (Å²) in [6.07, 6.45) is 5.41. The first kappa shape index (κ1) is 17.1. The van der Waals surface area contributed by atoms with Gasteiger partial charge < -0.3 is 14.6 Å². The van der Waals surface area contributed by atoms with Crippen molar-refractivity contribution in [3.05, 3.63) is 23.9 Å². The third-order valence-corrected chi connectivity index (χ3v) is 3.65. The molecule has 1 saturated heterocycles. The zero-order chi connectivity index (χ0) is 16.7. The summed E-state index contributed by atoms with van der Waals surface area (Å²) in [7, 11) is 1.33. The second-order valence-corrected chi connectivity index (χ2v) is 5.36. The monoisotopic (exact) mass is 322 g/mol. The average Bonchev–Trinajstić information content (AvgIpc) is 3.16. The molecule has 0 saturated carbocycles. The van der Waals surface area contributed by atoms with E-state index in [4.69, 9.17) is 4.52 Å². The van der Waals surface area contributed by atoms with E-state index in [-0.39, 0.29) is 11.9 Å². The van der Waals surface area contributed by atoms with E-state index in [0.717, 1.165) is 19.4 Å². The minimum absolute atomic E-state index is 0.00538. The quantitative estimate of drug-likeness (QED) is 0.445. The fourth-order valence-electron chi connectivity index (χ4n) is 2.54.